The Morgan fingerprint density at radius 3 is 1.62 bits per heavy atom. The van der Waals surface area contributed by atoms with E-state index in [-0.39, 0.29) is 0 Å². The highest BCUT2D eigenvalue weighted by Crippen LogP contribution is 2.47. The van der Waals surface area contributed by atoms with Crippen LogP contribution in [0.5, 0.6) is 0 Å². The molecule has 1 heterocycles. The lowest BCUT2D eigenvalue weighted by atomic mass is 9.84. The van der Waals surface area contributed by atoms with E-state index in [1.165, 1.54) is 93.4 Å². The molecule has 2 nitrogen and oxygen atoms in total. The fourth-order valence-electron chi connectivity index (χ4n) is 10.6. The van der Waals surface area contributed by atoms with E-state index in [4.69, 9.17) is 0 Å². The molecule has 314 valence electrons. The summed E-state index contributed by atoms with van der Waals surface area (Å²) in [5.74, 6) is 0.374. The van der Waals surface area contributed by atoms with Crippen LogP contribution < -0.4 is 4.90 Å². The second-order valence-corrected chi connectivity index (χ2v) is 17.7. The van der Waals surface area contributed by atoms with Crippen molar-refractivity contribution in [2.45, 2.75) is 26.2 Å². The normalized spacial score (nSPS) is 13.6. The molecule has 0 bridgehead atoms. The van der Waals surface area contributed by atoms with Crippen LogP contribution in [0.25, 0.3) is 82.4 Å². The van der Waals surface area contributed by atoms with Crippen molar-refractivity contribution in [2.75, 3.05) is 4.90 Å². The maximum absolute atomic E-state index is 2.44. The van der Waals surface area contributed by atoms with Gasteiger partial charge in [0.25, 0.3) is 0 Å². The first-order chi connectivity index (χ1) is 32.6. The molecule has 10 aromatic carbocycles. The predicted octanol–water partition coefficient (Wildman–Crippen LogP) is 17.8. The minimum absolute atomic E-state index is 0.374. The number of fused-ring (bicyclic) bond motifs is 5. The summed E-state index contributed by atoms with van der Waals surface area (Å²) in [7, 11) is 0. The Morgan fingerprint density at radius 1 is 0.424 bits per heavy atom. The van der Waals surface area contributed by atoms with Crippen LogP contribution in [0.1, 0.15) is 29.0 Å². The lowest BCUT2D eigenvalue weighted by Gasteiger charge is -2.29. The van der Waals surface area contributed by atoms with E-state index < -0.39 is 0 Å². The molecular weight excluding hydrogens is 797 g/mol. The standard InChI is InChI=1S/C64H48N2/c1-43-40-62(44(2)39-57(43)64-55-29-17-15-27-53(55)63(47-23-11-5-12-24-47)54-28-16-18-30-56(54)64)65(50-25-13-6-14-26-50)51-33-35-52(36-34-51)66-60-37-31-48(45-19-7-3-8-20-45)41-58(60)59-42-49(32-38-61(59)66)46-21-9-4-10-22-46/h3-21,23-42,46H,22H2,1-2H3. The maximum atomic E-state index is 2.44. The molecule has 0 saturated heterocycles. The third kappa shape index (κ3) is 6.73. The molecule has 1 aliphatic rings. The lowest BCUT2D eigenvalue weighted by Crippen LogP contribution is -2.12. The van der Waals surface area contributed by atoms with Gasteiger partial charge in [-0.05, 0) is 165 Å². The first kappa shape index (κ1) is 39.4. The average molecular weight is 845 g/mol. The van der Waals surface area contributed by atoms with Crippen molar-refractivity contribution >= 4 is 60.4 Å². The van der Waals surface area contributed by atoms with Crippen LogP contribution in [0.3, 0.4) is 0 Å². The number of hydrogen-bond donors (Lipinski definition) is 0. The van der Waals surface area contributed by atoms with E-state index in [1.54, 1.807) is 0 Å². The summed E-state index contributed by atoms with van der Waals surface area (Å²) in [4.78, 5) is 2.42. The smallest absolute Gasteiger partial charge is 0.0541 e. The van der Waals surface area contributed by atoms with Crippen molar-refractivity contribution in [3.8, 4) is 39.1 Å². The maximum Gasteiger partial charge on any atom is 0.0541 e. The zero-order valence-electron chi connectivity index (χ0n) is 37.2. The number of hydrogen-bond acceptors (Lipinski definition) is 1. The van der Waals surface area contributed by atoms with Gasteiger partial charge in [0.1, 0.15) is 0 Å². The van der Waals surface area contributed by atoms with Gasteiger partial charge in [-0.1, -0.05) is 164 Å². The fourth-order valence-corrected chi connectivity index (χ4v) is 10.6. The molecule has 11 aromatic rings. The molecule has 0 radical (unpaired) electrons. The lowest BCUT2D eigenvalue weighted by molar-refractivity contribution is 0.855. The molecule has 0 aliphatic heterocycles. The highest BCUT2D eigenvalue weighted by molar-refractivity contribution is 6.21. The van der Waals surface area contributed by atoms with Crippen LogP contribution in [0.15, 0.2) is 237 Å². The molecule has 0 N–H and O–H groups in total. The molecule has 1 atom stereocenters. The summed E-state index contributed by atoms with van der Waals surface area (Å²) >= 11 is 0. The third-order valence-corrected chi connectivity index (χ3v) is 13.7. The molecule has 12 rings (SSSR count). The number of anilines is 3. The molecular formula is C64H48N2. The van der Waals surface area contributed by atoms with Gasteiger partial charge >= 0.3 is 0 Å². The third-order valence-electron chi connectivity index (χ3n) is 13.7. The van der Waals surface area contributed by atoms with Gasteiger partial charge in [-0.3, -0.25) is 0 Å². The van der Waals surface area contributed by atoms with E-state index in [0.717, 1.165) is 29.2 Å². The van der Waals surface area contributed by atoms with E-state index in [2.05, 4.69) is 260 Å². The molecule has 2 heteroatoms. The number of benzene rings is 10. The molecule has 1 aliphatic carbocycles. The summed E-state index contributed by atoms with van der Waals surface area (Å²) < 4.78 is 2.44. The quantitative estimate of drug-likeness (QED) is 0.138. The van der Waals surface area contributed by atoms with Crippen LogP contribution >= 0.6 is 0 Å². The number of aromatic nitrogens is 1. The minimum Gasteiger partial charge on any atom is -0.310 e. The Balaban J connectivity index is 0.988. The van der Waals surface area contributed by atoms with Crippen molar-refractivity contribution in [1.29, 1.82) is 0 Å². The monoisotopic (exact) mass is 844 g/mol. The predicted molar refractivity (Wildman–Crippen MR) is 282 cm³/mol. The summed E-state index contributed by atoms with van der Waals surface area (Å²) in [6.07, 6.45) is 9.96. The molecule has 66 heavy (non-hydrogen) atoms. The van der Waals surface area contributed by atoms with Gasteiger partial charge in [-0.15, -0.1) is 0 Å². The van der Waals surface area contributed by atoms with Crippen LogP contribution in [-0.2, 0) is 0 Å². The van der Waals surface area contributed by atoms with Gasteiger partial charge in [0.2, 0.25) is 0 Å². The van der Waals surface area contributed by atoms with Crippen molar-refractivity contribution in [3.63, 3.8) is 0 Å². The van der Waals surface area contributed by atoms with Gasteiger partial charge in [-0.2, -0.15) is 0 Å². The molecule has 1 unspecified atom stereocenters. The molecule has 0 fully saturated rings. The van der Waals surface area contributed by atoms with Gasteiger partial charge in [-0.25, -0.2) is 0 Å². The van der Waals surface area contributed by atoms with E-state index in [1.807, 2.05) is 0 Å². The van der Waals surface area contributed by atoms with Crippen LogP contribution in [0.2, 0.25) is 0 Å². The minimum atomic E-state index is 0.374. The second-order valence-electron chi connectivity index (χ2n) is 17.7. The Labute approximate surface area is 386 Å². The number of para-hydroxylation sites is 1. The molecule has 0 amide bonds. The summed E-state index contributed by atoms with van der Waals surface area (Å²) in [5.41, 5.74) is 18.2. The Hall–Kier alpha value is -8.20. The van der Waals surface area contributed by atoms with Crippen molar-refractivity contribution < 1.29 is 0 Å². The van der Waals surface area contributed by atoms with Crippen molar-refractivity contribution in [3.05, 3.63) is 253 Å². The number of allylic oxidation sites excluding steroid dienone is 4. The molecule has 0 saturated carbocycles. The highest BCUT2D eigenvalue weighted by atomic mass is 15.1. The molecule has 0 spiro atoms. The van der Waals surface area contributed by atoms with Gasteiger partial charge < -0.3 is 9.47 Å². The van der Waals surface area contributed by atoms with Crippen molar-refractivity contribution in [2.24, 2.45) is 0 Å². The number of aryl methyl sites for hydroxylation is 2. The average Bonchev–Trinajstić information content (AvgIpc) is 3.71. The van der Waals surface area contributed by atoms with Gasteiger partial charge in [0.05, 0.1) is 11.0 Å². The van der Waals surface area contributed by atoms with Crippen LogP contribution in [0, 0.1) is 13.8 Å². The van der Waals surface area contributed by atoms with Crippen LogP contribution in [-0.4, -0.2) is 4.57 Å². The molecule has 1 aromatic heterocycles. The zero-order valence-corrected chi connectivity index (χ0v) is 37.2. The highest BCUT2D eigenvalue weighted by Gasteiger charge is 2.22. The Kier molecular flexibility index (Phi) is 9.80. The topological polar surface area (TPSA) is 8.17 Å². The Bertz CT molecular complexity index is 3610. The Morgan fingerprint density at radius 2 is 0.985 bits per heavy atom. The first-order valence-corrected chi connectivity index (χ1v) is 23.1. The van der Waals surface area contributed by atoms with E-state index in [0.29, 0.717) is 5.92 Å². The van der Waals surface area contributed by atoms with Crippen molar-refractivity contribution in [1.82, 2.24) is 4.57 Å². The van der Waals surface area contributed by atoms with E-state index >= 15 is 0 Å². The zero-order chi connectivity index (χ0) is 44.1. The van der Waals surface area contributed by atoms with Gasteiger partial charge in [0, 0.05) is 39.4 Å². The number of nitrogens with zero attached hydrogens (tertiary/aromatic N) is 2. The van der Waals surface area contributed by atoms with Crippen LogP contribution in [0.4, 0.5) is 17.1 Å². The number of rotatable bonds is 8. The largest absolute Gasteiger partial charge is 0.310 e. The SMILES string of the molecule is Cc1cc(N(c2ccccc2)c2ccc(-n3c4ccc(-c5ccccc5)cc4c4cc(C5C=CC=CC5)ccc43)cc2)c(C)cc1-c1c2ccccc2c(-c2ccccc2)c2ccccc12. The van der Waals surface area contributed by atoms with Gasteiger partial charge in [0.15, 0.2) is 0 Å². The van der Waals surface area contributed by atoms with E-state index in [9.17, 15) is 0 Å². The summed E-state index contributed by atoms with van der Waals surface area (Å²) in [5, 5.41) is 7.61. The summed E-state index contributed by atoms with van der Waals surface area (Å²) in [6, 6.07) is 78.3. The first-order valence-electron chi connectivity index (χ1n) is 23.1. The fraction of sp³-hybridized carbons (Fsp3) is 0.0625. The second kappa shape index (κ2) is 16.4. The summed E-state index contributed by atoms with van der Waals surface area (Å²) in [6.45, 7) is 4.54.